The summed E-state index contributed by atoms with van der Waals surface area (Å²) in [6.07, 6.45) is -0.193. The molecule has 0 spiro atoms. The van der Waals surface area contributed by atoms with Crippen LogP contribution in [0, 0.1) is 19.8 Å². The molecule has 0 aliphatic carbocycles. The van der Waals surface area contributed by atoms with E-state index in [0.29, 0.717) is 5.92 Å². The summed E-state index contributed by atoms with van der Waals surface area (Å²) in [5.74, 6) is 0.347. The van der Waals surface area contributed by atoms with E-state index in [1.807, 2.05) is 0 Å². The maximum absolute atomic E-state index is 9.68. The van der Waals surface area contributed by atoms with Gasteiger partial charge in [0.2, 0.25) is 0 Å². The first-order chi connectivity index (χ1) is 8.18. The minimum atomic E-state index is -0.193. The lowest BCUT2D eigenvalue weighted by Gasteiger charge is -2.15. The minimum absolute atomic E-state index is 0.193. The van der Waals surface area contributed by atoms with E-state index in [1.165, 1.54) is 16.7 Å². The Morgan fingerprint density at radius 2 is 2.18 bits per heavy atom. The lowest BCUT2D eigenvalue weighted by atomic mass is 10.0. The molecule has 1 fully saturated rings. The average Bonchev–Trinajstić information content (AvgIpc) is 2.71. The van der Waals surface area contributed by atoms with Crippen LogP contribution < -0.4 is 10.6 Å². The van der Waals surface area contributed by atoms with Gasteiger partial charge in [0.25, 0.3) is 0 Å². The molecule has 0 radical (unpaired) electrons. The molecular weight excluding hydrogens is 212 g/mol. The van der Waals surface area contributed by atoms with Crippen molar-refractivity contribution in [3.8, 4) is 0 Å². The molecule has 1 aromatic carbocycles. The Labute approximate surface area is 103 Å². The van der Waals surface area contributed by atoms with Crippen LogP contribution in [-0.2, 0) is 6.54 Å². The van der Waals surface area contributed by atoms with E-state index >= 15 is 0 Å². The lowest BCUT2D eigenvalue weighted by molar-refractivity contribution is 0.146. The van der Waals surface area contributed by atoms with E-state index in [-0.39, 0.29) is 6.10 Å². The molecule has 0 amide bonds. The van der Waals surface area contributed by atoms with Gasteiger partial charge in [-0.1, -0.05) is 18.2 Å². The zero-order valence-electron chi connectivity index (χ0n) is 10.7. The summed E-state index contributed by atoms with van der Waals surface area (Å²) in [5.41, 5.74) is 4.06. The molecular formula is C14H22N2O. The van der Waals surface area contributed by atoms with Gasteiger partial charge in [-0.15, -0.1) is 0 Å². The molecule has 3 heteroatoms. The SMILES string of the molecule is Cc1cccc(CNCC2CNCC2O)c1C. The third-order valence-corrected chi connectivity index (χ3v) is 3.74. The minimum Gasteiger partial charge on any atom is -0.391 e. The van der Waals surface area contributed by atoms with E-state index in [9.17, 15) is 5.11 Å². The van der Waals surface area contributed by atoms with Crippen molar-refractivity contribution in [1.82, 2.24) is 10.6 Å². The van der Waals surface area contributed by atoms with Crippen molar-refractivity contribution in [3.63, 3.8) is 0 Å². The second-order valence-electron chi connectivity index (χ2n) is 4.98. The van der Waals surface area contributed by atoms with Crippen LogP contribution >= 0.6 is 0 Å². The summed E-state index contributed by atoms with van der Waals surface area (Å²) in [4.78, 5) is 0. The molecule has 1 aliphatic heterocycles. The molecule has 0 aromatic heterocycles. The zero-order valence-corrected chi connectivity index (χ0v) is 10.7. The third kappa shape index (κ3) is 3.06. The van der Waals surface area contributed by atoms with Crippen molar-refractivity contribution in [2.24, 2.45) is 5.92 Å². The fourth-order valence-electron chi connectivity index (χ4n) is 2.32. The number of rotatable bonds is 4. The van der Waals surface area contributed by atoms with Gasteiger partial charge in [0.15, 0.2) is 0 Å². The van der Waals surface area contributed by atoms with Crippen molar-refractivity contribution in [2.75, 3.05) is 19.6 Å². The van der Waals surface area contributed by atoms with Gasteiger partial charge in [-0.05, 0) is 30.5 Å². The highest BCUT2D eigenvalue weighted by molar-refractivity contribution is 5.32. The summed E-state index contributed by atoms with van der Waals surface area (Å²) in [6, 6.07) is 6.41. The number of hydrogen-bond donors (Lipinski definition) is 3. The molecule has 2 unspecified atom stereocenters. The van der Waals surface area contributed by atoms with Gasteiger partial charge in [0.1, 0.15) is 0 Å². The number of aryl methyl sites for hydroxylation is 1. The van der Waals surface area contributed by atoms with Crippen molar-refractivity contribution < 1.29 is 5.11 Å². The van der Waals surface area contributed by atoms with Gasteiger partial charge in [0, 0.05) is 32.1 Å². The zero-order chi connectivity index (χ0) is 12.3. The van der Waals surface area contributed by atoms with Gasteiger partial charge in [-0.25, -0.2) is 0 Å². The van der Waals surface area contributed by atoms with Crippen LogP contribution in [0.1, 0.15) is 16.7 Å². The number of aliphatic hydroxyl groups is 1. The van der Waals surface area contributed by atoms with E-state index in [0.717, 1.165) is 26.2 Å². The normalized spacial score (nSPS) is 24.2. The van der Waals surface area contributed by atoms with Crippen molar-refractivity contribution in [2.45, 2.75) is 26.5 Å². The number of nitrogens with one attached hydrogen (secondary N) is 2. The standard InChI is InChI=1S/C14H22N2O/c1-10-4-3-5-12(11(10)2)6-15-7-13-8-16-9-14(13)17/h3-5,13-17H,6-9H2,1-2H3. The topological polar surface area (TPSA) is 44.3 Å². The molecule has 0 saturated carbocycles. The van der Waals surface area contributed by atoms with E-state index in [4.69, 9.17) is 0 Å². The van der Waals surface area contributed by atoms with Gasteiger partial charge in [0.05, 0.1) is 6.10 Å². The predicted octanol–water partition coefficient (Wildman–Crippen LogP) is 0.973. The highest BCUT2D eigenvalue weighted by Gasteiger charge is 2.23. The second-order valence-corrected chi connectivity index (χ2v) is 4.98. The molecule has 1 saturated heterocycles. The Bertz CT molecular complexity index is 378. The molecule has 94 valence electrons. The highest BCUT2D eigenvalue weighted by Crippen LogP contribution is 2.13. The number of β-amino-alcohol motifs (C(OH)–C–C–N with tert-alkyl or cyclic N) is 1. The Morgan fingerprint density at radius 3 is 2.88 bits per heavy atom. The molecule has 3 N–H and O–H groups in total. The predicted molar refractivity (Wildman–Crippen MR) is 70.0 cm³/mol. The summed E-state index contributed by atoms with van der Waals surface area (Å²) in [5, 5.41) is 16.3. The summed E-state index contributed by atoms with van der Waals surface area (Å²) in [6.45, 7) is 7.72. The molecule has 3 nitrogen and oxygen atoms in total. The average molecular weight is 234 g/mol. The molecule has 2 rings (SSSR count). The lowest BCUT2D eigenvalue weighted by Crippen LogP contribution is -2.30. The van der Waals surface area contributed by atoms with E-state index < -0.39 is 0 Å². The van der Waals surface area contributed by atoms with Crippen molar-refractivity contribution >= 4 is 0 Å². The smallest absolute Gasteiger partial charge is 0.0716 e. The van der Waals surface area contributed by atoms with Crippen LogP contribution in [0.4, 0.5) is 0 Å². The van der Waals surface area contributed by atoms with Crippen molar-refractivity contribution in [3.05, 3.63) is 34.9 Å². The summed E-state index contributed by atoms with van der Waals surface area (Å²) >= 11 is 0. The van der Waals surface area contributed by atoms with Gasteiger partial charge >= 0.3 is 0 Å². The van der Waals surface area contributed by atoms with Gasteiger partial charge in [-0.2, -0.15) is 0 Å². The number of benzene rings is 1. The molecule has 17 heavy (non-hydrogen) atoms. The molecule has 0 bridgehead atoms. The van der Waals surface area contributed by atoms with Gasteiger partial charge in [-0.3, -0.25) is 0 Å². The Balaban J connectivity index is 1.84. The largest absolute Gasteiger partial charge is 0.391 e. The fourth-order valence-corrected chi connectivity index (χ4v) is 2.32. The first-order valence-corrected chi connectivity index (χ1v) is 6.33. The van der Waals surface area contributed by atoms with E-state index in [2.05, 4.69) is 42.7 Å². The molecule has 1 aliphatic rings. The molecule has 1 heterocycles. The van der Waals surface area contributed by atoms with Crippen LogP contribution in [0.15, 0.2) is 18.2 Å². The van der Waals surface area contributed by atoms with Gasteiger partial charge < -0.3 is 15.7 Å². The first kappa shape index (κ1) is 12.6. The number of hydrogen-bond acceptors (Lipinski definition) is 3. The summed E-state index contributed by atoms with van der Waals surface area (Å²) in [7, 11) is 0. The van der Waals surface area contributed by atoms with Crippen LogP contribution in [0.25, 0.3) is 0 Å². The Kier molecular flexibility index (Phi) is 4.15. The van der Waals surface area contributed by atoms with E-state index in [1.54, 1.807) is 0 Å². The van der Waals surface area contributed by atoms with Crippen LogP contribution in [0.3, 0.4) is 0 Å². The van der Waals surface area contributed by atoms with Crippen molar-refractivity contribution in [1.29, 1.82) is 0 Å². The van der Waals surface area contributed by atoms with Crippen LogP contribution in [0.5, 0.6) is 0 Å². The first-order valence-electron chi connectivity index (χ1n) is 6.33. The molecule has 1 aromatic rings. The number of aliphatic hydroxyl groups excluding tert-OH is 1. The monoisotopic (exact) mass is 234 g/mol. The summed E-state index contributed by atoms with van der Waals surface area (Å²) < 4.78 is 0. The quantitative estimate of drug-likeness (QED) is 0.727. The van der Waals surface area contributed by atoms with Crippen LogP contribution in [0.2, 0.25) is 0 Å². The highest BCUT2D eigenvalue weighted by atomic mass is 16.3. The fraction of sp³-hybridized carbons (Fsp3) is 0.571. The second kappa shape index (κ2) is 5.63. The Morgan fingerprint density at radius 1 is 1.35 bits per heavy atom. The Hall–Kier alpha value is -0.900. The van der Waals surface area contributed by atoms with Crippen LogP contribution in [-0.4, -0.2) is 30.8 Å². The maximum Gasteiger partial charge on any atom is 0.0716 e. The maximum atomic E-state index is 9.68. The molecule has 2 atom stereocenters. The third-order valence-electron chi connectivity index (χ3n) is 3.74.